The maximum Gasteiger partial charge on any atom is 0.410 e. The van der Waals surface area contributed by atoms with E-state index in [1.165, 1.54) is 0 Å². The molecule has 0 bridgehead atoms. The molecule has 0 saturated carbocycles. The number of carbonyl (C=O) groups excluding carboxylic acids is 3. The van der Waals surface area contributed by atoms with Crippen LogP contribution in [0.1, 0.15) is 12.5 Å². The van der Waals surface area contributed by atoms with E-state index in [4.69, 9.17) is 25.8 Å². The van der Waals surface area contributed by atoms with Gasteiger partial charge in [-0.1, -0.05) is 41.6 Å². The molecule has 33 heavy (non-hydrogen) atoms. The molecule has 3 amide bonds. The molecular formula is C23H23ClN2O6S. The van der Waals surface area contributed by atoms with Gasteiger partial charge in [0.1, 0.15) is 24.7 Å². The zero-order chi connectivity index (χ0) is 23.4. The molecule has 2 aromatic carbocycles. The Morgan fingerprint density at radius 1 is 1.15 bits per heavy atom. The molecule has 0 aromatic heterocycles. The van der Waals surface area contributed by atoms with E-state index in [0.717, 1.165) is 17.3 Å². The summed E-state index contributed by atoms with van der Waals surface area (Å²) in [6, 6.07) is 14.2. The Morgan fingerprint density at radius 2 is 1.94 bits per heavy atom. The van der Waals surface area contributed by atoms with E-state index in [-0.39, 0.29) is 29.9 Å². The summed E-state index contributed by atoms with van der Waals surface area (Å²) in [5.74, 6) is 1.02. The summed E-state index contributed by atoms with van der Waals surface area (Å²) >= 11 is 6.96. The van der Waals surface area contributed by atoms with Crippen molar-refractivity contribution in [3.63, 3.8) is 0 Å². The Hall–Kier alpha value is -2.91. The van der Waals surface area contributed by atoms with Gasteiger partial charge in [0, 0.05) is 5.02 Å². The molecular weight excluding hydrogens is 468 g/mol. The summed E-state index contributed by atoms with van der Waals surface area (Å²) in [5, 5.41) is 2.16. The number of nitrogens with zero attached hydrogens (tertiary/aromatic N) is 1. The first-order chi connectivity index (χ1) is 15.9. The first-order valence-electron chi connectivity index (χ1n) is 10.5. The summed E-state index contributed by atoms with van der Waals surface area (Å²) < 4.78 is 16.9. The molecule has 10 heteroatoms. The standard InChI is InChI=1S/C23H23ClN2O6S/c1-14(26-11-19(32-23(26)29)13-31-18-4-2-3-16(24)10-18)12-30-17-7-5-15(6-8-17)9-20-21(27)25-22(28)33-20/h2-8,10,14,19-20H,9,11-13H2,1H3,(H,25,27,28)/t14?,19-,20?/m0/s1. The number of amides is 3. The van der Waals surface area contributed by atoms with Crippen molar-refractivity contribution < 1.29 is 28.6 Å². The zero-order valence-corrected chi connectivity index (χ0v) is 19.4. The lowest BCUT2D eigenvalue weighted by Gasteiger charge is -2.22. The minimum atomic E-state index is -0.402. The molecule has 1 N–H and O–H groups in total. The van der Waals surface area contributed by atoms with E-state index in [9.17, 15) is 14.4 Å². The van der Waals surface area contributed by atoms with Gasteiger partial charge in [-0.2, -0.15) is 0 Å². The van der Waals surface area contributed by atoms with E-state index in [1.807, 2.05) is 31.2 Å². The Labute approximate surface area is 200 Å². The van der Waals surface area contributed by atoms with Gasteiger partial charge in [-0.25, -0.2) is 4.79 Å². The SMILES string of the molecule is CC(COc1ccc(CC2SC(=O)NC2=O)cc1)N1C[C@@H](COc2cccc(Cl)c2)OC1=O. The minimum Gasteiger partial charge on any atom is -0.491 e. The average molecular weight is 491 g/mol. The quantitative estimate of drug-likeness (QED) is 0.569. The first kappa shape index (κ1) is 23.3. The number of cyclic esters (lactones) is 1. The zero-order valence-electron chi connectivity index (χ0n) is 17.9. The highest BCUT2D eigenvalue weighted by atomic mass is 35.5. The maximum absolute atomic E-state index is 12.3. The maximum atomic E-state index is 12.3. The van der Waals surface area contributed by atoms with Crippen LogP contribution in [0.25, 0.3) is 0 Å². The lowest BCUT2D eigenvalue weighted by atomic mass is 10.1. The molecule has 0 spiro atoms. The summed E-state index contributed by atoms with van der Waals surface area (Å²) in [5.41, 5.74) is 0.934. The second kappa shape index (κ2) is 10.4. The molecule has 174 valence electrons. The van der Waals surface area contributed by atoms with Gasteiger partial charge in [0.15, 0.2) is 6.10 Å². The summed E-state index contributed by atoms with van der Waals surface area (Å²) in [7, 11) is 0. The number of hydrogen-bond acceptors (Lipinski definition) is 7. The number of halogens is 1. The van der Waals surface area contributed by atoms with Gasteiger partial charge in [0.05, 0.1) is 17.8 Å². The monoisotopic (exact) mass is 490 g/mol. The van der Waals surface area contributed by atoms with Gasteiger partial charge in [-0.15, -0.1) is 0 Å². The number of nitrogens with one attached hydrogen (secondary N) is 1. The Balaban J connectivity index is 1.23. The van der Waals surface area contributed by atoms with E-state index < -0.39 is 11.3 Å². The lowest BCUT2D eigenvalue weighted by Crippen LogP contribution is -2.38. The molecule has 4 rings (SSSR count). The molecule has 2 fully saturated rings. The smallest absolute Gasteiger partial charge is 0.410 e. The third-order valence-electron chi connectivity index (χ3n) is 5.27. The van der Waals surface area contributed by atoms with E-state index >= 15 is 0 Å². The highest BCUT2D eigenvalue weighted by Gasteiger charge is 2.35. The molecule has 2 aliphatic heterocycles. The van der Waals surface area contributed by atoms with Gasteiger partial charge in [-0.3, -0.25) is 19.8 Å². The molecule has 0 aliphatic carbocycles. The van der Waals surface area contributed by atoms with Gasteiger partial charge in [-0.05, 0) is 49.2 Å². The van der Waals surface area contributed by atoms with Crippen molar-refractivity contribution in [3.05, 3.63) is 59.1 Å². The van der Waals surface area contributed by atoms with Crippen LogP contribution in [0.15, 0.2) is 48.5 Å². The Kier molecular flexibility index (Phi) is 7.29. The van der Waals surface area contributed by atoms with Gasteiger partial charge in [0.25, 0.3) is 5.24 Å². The highest BCUT2D eigenvalue weighted by molar-refractivity contribution is 8.15. The van der Waals surface area contributed by atoms with Crippen LogP contribution in [0.2, 0.25) is 5.02 Å². The second-order valence-corrected chi connectivity index (χ2v) is 9.43. The number of benzene rings is 2. The van der Waals surface area contributed by atoms with E-state index in [0.29, 0.717) is 36.1 Å². The van der Waals surface area contributed by atoms with Crippen molar-refractivity contribution >= 4 is 40.6 Å². The number of ether oxygens (including phenoxy) is 3. The molecule has 3 atom stereocenters. The van der Waals surface area contributed by atoms with E-state index in [1.54, 1.807) is 29.2 Å². The van der Waals surface area contributed by atoms with Crippen molar-refractivity contribution in [3.8, 4) is 11.5 Å². The summed E-state index contributed by atoms with van der Waals surface area (Å²) in [4.78, 5) is 36.9. The lowest BCUT2D eigenvalue weighted by molar-refractivity contribution is -0.118. The molecule has 2 heterocycles. The predicted molar refractivity (Wildman–Crippen MR) is 124 cm³/mol. The summed E-state index contributed by atoms with van der Waals surface area (Å²) in [6.07, 6.45) is -0.309. The van der Waals surface area contributed by atoms with Crippen molar-refractivity contribution in [1.29, 1.82) is 0 Å². The fourth-order valence-electron chi connectivity index (χ4n) is 3.50. The fraction of sp³-hybridized carbons (Fsp3) is 0.348. The largest absolute Gasteiger partial charge is 0.491 e. The Morgan fingerprint density at radius 3 is 2.64 bits per heavy atom. The van der Waals surface area contributed by atoms with Crippen molar-refractivity contribution in [1.82, 2.24) is 10.2 Å². The van der Waals surface area contributed by atoms with Gasteiger partial charge >= 0.3 is 6.09 Å². The highest BCUT2D eigenvalue weighted by Crippen LogP contribution is 2.24. The molecule has 2 saturated heterocycles. The number of rotatable bonds is 9. The average Bonchev–Trinajstić information content (AvgIpc) is 3.32. The van der Waals surface area contributed by atoms with Crippen LogP contribution < -0.4 is 14.8 Å². The predicted octanol–water partition coefficient (Wildman–Crippen LogP) is 3.90. The first-order valence-corrected chi connectivity index (χ1v) is 11.7. The molecule has 0 radical (unpaired) electrons. The van der Waals surface area contributed by atoms with Crippen LogP contribution in [-0.2, 0) is 16.0 Å². The number of imide groups is 1. The Bertz CT molecular complexity index is 1030. The number of thioether (sulfide) groups is 1. The number of hydrogen-bond donors (Lipinski definition) is 1. The summed E-state index contributed by atoms with van der Waals surface area (Å²) in [6.45, 7) is 2.83. The molecule has 8 nitrogen and oxygen atoms in total. The molecule has 2 aromatic rings. The topological polar surface area (TPSA) is 94.2 Å². The van der Waals surface area contributed by atoms with Crippen LogP contribution in [-0.4, -0.2) is 59.3 Å². The van der Waals surface area contributed by atoms with Crippen LogP contribution >= 0.6 is 23.4 Å². The van der Waals surface area contributed by atoms with E-state index in [2.05, 4.69) is 5.32 Å². The normalized spacial score (nSPS) is 21.0. The van der Waals surface area contributed by atoms with Crippen LogP contribution in [0.3, 0.4) is 0 Å². The van der Waals surface area contributed by atoms with Gasteiger partial charge < -0.3 is 14.2 Å². The van der Waals surface area contributed by atoms with Crippen molar-refractivity contribution in [2.45, 2.75) is 30.7 Å². The minimum absolute atomic E-state index is 0.196. The third-order valence-corrected chi connectivity index (χ3v) is 6.49. The van der Waals surface area contributed by atoms with Crippen LogP contribution in [0.4, 0.5) is 9.59 Å². The van der Waals surface area contributed by atoms with Crippen molar-refractivity contribution in [2.24, 2.45) is 0 Å². The number of carbonyl (C=O) groups is 3. The van der Waals surface area contributed by atoms with Crippen molar-refractivity contribution in [2.75, 3.05) is 19.8 Å². The van der Waals surface area contributed by atoms with Crippen LogP contribution in [0.5, 0.6) is 11.5 Å². The second-order valence-electron chi connectivity index (χ2n) is 7.82. The molecule has 2 unspecified atom stereocenters. The van der Waals surface area contributed by atoms with Gasteiger partial charge in [0.2, 0.25) is 5.91 Å². The molecule has 2 aliphatic rings. The third kappa shape index (κ3) is 6.11. The van der Waals surface area contributed by atoms with Crippen LogP contribution in [0, 0.1) is 0 Å². The fourth-order valence-corrected chi connectivity index (χ4v) is 4.54.